The van der Waals surface area contributed by atoms with Gasteiger partial charge in [0.1, 0.15) is 11.1 Å². The molecule has 1 heterocycles. The maximum Gasteiger partial charge on any atom is 0.347 e. The predicted molar refractivity (Wildman–Crippen MR) is 96.9 cm³/mol. The molecule has 0 aliphatic heterocycles. The Bertz CT molecular complexity index is 869. The van der Waals surface area contributed by atoms with E-state index in [0.717, 1.165) is 0 Å². The summed E-state index contributed by atoms with van der Waals surface area (Å²) in [6.07, 6.45) is 0. The van der Waals surface area contributed by atoms with Crippen molar-refractivity contribution in [3.63, 3.8) is 0 Å². The number of Topliss-reactive ketones (excluding diaryl/α,β-unsaturated/α-hetero) is 3. The maximum atomic E-state index is 12.1. The van der Waals surface area contributed by atoms with E-state index in [4.69, 9.17) is 4.42 Å². The molecular formula is C15H9Br3O5. The zero-order valence-corrected chi connectivity index (χ0v) is 16.3. The van der Waals surface area contributed by atoms with Gasteiger partial charge in [-0.3, -0.25) is 14.4 Å². The monoisotopic (exact) mass is 506 g/mol. The molecule has 5 nitrogen and oxygen atoms in total. The number of rotatable bonds is 6. The third-order valence-corrected chi connectivity index (χ3v) is 4.67. The van der Waals surface area contributed by atoms with Crippen LogP contribution in [0.1, 0.15) is 31.1 Å². The van der Waals surface area contributed by atoms with Crippen molar-refractivity contribution in [1.82, 2.24) is 0 Å². The molecule has 0 radical (unpaired) electrons. The van der Waals surface area contributed by atoms with E-state index in [2.05, 4.69) is 47.8 Å². The maximum absolute atomic E-state index is 12.1. The lowest BCUT2D eigenvalue weighted by molar-refractivity contribution is 0.0987. The molecule has 0 aliphatic rings. The van der Waals surface area contributed by atoms with Gasteiger partial charge in [-0.05, 0) is 18.2 Å². The molecule has 0 bridgehead atoms. The zero-order chi connectivity index (χ0) is 17.1. The highest BCUT2D eigenvalue weighted by atomic mass is 79.9. The van der Waals surface area contributed by atoms with Crippen molar-refractivity contribution in [2.45, 2.75) is 0 Å². The van der Waals surface area contributed by atoms with Crippen LogP contribution >= 0.6 is 47.8 Å². The largest absolute Gasteiger partial charge is 0.422 e. The number of ketones is 3. The van der Waals surface area contributed by atoms with E-state index in [9.17, 15) is 19.2 Å². The minimum atomic E-state index is -0.779. The summed E-state index contributed by atoms with van der Waals surface area (Å²) in [5.74, 6) is -1.01. The molecule has 2 rings (SSSR count). The minimum Gasteiger partial charge on any atom is -0.422 e. The fourth-order valence-corrected chi connectivity index (χ4v) is 2.94. The lowest BCUT2D eigenvalue weighted by Gasteiger charge is -2.08. The van der Waals surface area contributed by atoms with Crippen molar-refractivity contribution in [1.29, 1.82) is 0 Å². The van der Waals surface area contributed by atoms with E-state index in [-0.39, 0.29) is 49.8 Å². The van der Waals surface area contributed by atoms with E-state index >= 15 is 0 Å². The van der Waals surface area contributed by atoms with Gasteiger partial charge in [-0.25, -0.2) is 4.79 Å². The number of alkyl halides is 3. The summed E-state index contributed by atoms with van der Waals surface area (Å²) in [4.78, 5) is 47.7. The third kappa shape index (κ3) is 3.70. The molecule has 8 heteroatoms. The zero-order valence-electron chi connectivity index (χ0n) is 11.5. The number of fused-ring (bicyclic) bond motifs is 1. The van der Waals surface area contributed by atoms with Gasteiger partial charge in [0, 0.05) is 16.5 Å². The van der Waals surface area contributed by atoms with Gasteiger partial charge in [0.05, 0.1) is 16.0 Å². The molecule has 0 atom stereocenters. The Balaban J connectivity index is 2.79. The van der Waals surface area contributed by atoms with Crippen LogP contribution in [0, 0.1) is 0 Å². The quantitative estimate of drug-likeness (QED) is 0.339. The second kappa shape index (κ2) is 7.63. The summed E-state index contributed by atoms with van der Waals surface area (Å²) in [5.41, 5.74) is -0.354. The Labute approximate surface area is 155 Å². The first-order valence-corrected chi connectivity index (χ1v) is 9.68. The number of benzene rings is 1. The fraction of sp³-hybridized carbons (Fsp3) is 0.200. The van der Waals surface area contributed by atoms with Crippen LogP contribution in [-0.4, -0.2) is 33.3 Å². The van der Waals surface area contributed by atoms with Gasteiger partial charge in [0.15, 0.2) is 17.3 Å². The Kier molecular flexibility index (Phi) is 6.05. The second-order valence-electron chi connectivity index (χ2n) is 4.55. The van der Waals surface area contributed by atoms with E-state index in [1.807, 2.05) is 0 Å². The van der Waals surface area contributed by atoms with Crippen LogP contribution < -0.4 is 5.63 Å². The first-order chi connectivity index (χ1) is 10.9. The van der Waals surface area contributed by atoms with Crippen molar-refractivity contribution < 1.29 is 18.8 Å². The molecule has 1 aromatic heterocycles. The molecule has 0 aliphatic carbocycles. The lowest BCUT2D eigenvalue weighted by atomic mass is 9.98. The van der Waals surface area contributed by atoms with Crippen LogP contribution in [-0.2, 0) is 0 Å². The molecule has 0 saturated heterocycles. The molecule has 120 valence electrons. The van der Waals surface area contributed by atoms with E-state index in [1.165, 1.54) is 18.2 Å². The van der Waals surface area contributed by atoms with Crippen molar-refractivity contribution in [2.75, 3.05) is 16.0 Å². The summed E-state index contributed by atoms with van der Waals surface area (Å²) < 4.78 is 5.13. The smallest absolute Gasteiger partial charge is 0.347 e. The highest BCUT2D eigenvalue weighted by Crippen LogP contribution is 2.22. The van der Waals surface area contributed by atoms with Crippen molar-refractivity contribution in [2.24, 2.45) is 0 Å². The molecule has 0 amide bonds. The van der Waals surface area contributed by atoms with Gasteiger partial charge in [0.2, 0.25) is 0 Å². The second-order valence-corrected chi connectivity index (χ2v) is 6.24. The van der Waals surface area contributed by atoms with E-state index in [0.29, 0.717) is 5.39 Å². The van der Waals surface area contributed by atoms with Gasteiger partial charge in [0.25, 0.3) is 0 Å². The summed E-state index contributed by atoms with van der Waals surface area (Å²) in [5, 5.41) is 0.469. The number of carbonyl (C=O) groups excluding carboxylic acids is 3. The van der Waals surface area contributed by atoms with Crippen LogP contribution in [0.2, 0.25) is 0 Å². The number of halogens is 3. The molecule has 0 saturated carbocycles. The number of hydrogen-bond donors (Lipinski definition) is 0. The molecular weight excluding hydrogens is 500 g/mol. The Morgan fingerprint density at radius 3 is 1.74 bits per heavy atom. The van der Waals surface area contributed by atoms with Crippen molar-refractivity contribution in [3.8, 4) is 0 Å². The normalized spacial score (nSPS) is 10.7. The minimum absolute atomic E-state index is 0.0173. The van der Waals surface area contributed by atoms with Gasteiger partial charge in [-0.1, -0.05) is 47.8 Å². The van der Waals surface area contributed by atoms with Gasteiger partial charge < -0.3 is 4.42 Å². The molecule has 0 fully saturated rings. The van der Waals surface area contributed by atoms with E-state index in [1.54, 1.807) is 0 Å². The van der Waals surface area contributed by atoms with Gasteiger partial charge in [-0.2, -0.15) is 0 Å². The van der Waals surface area contributed by atoms with Gasteiger partial charge in [-0.15, -0.1) is 0 Å². The van der Waals surface area contributed by atoms with Crippen LogP contribution in [0.5, 0.6) is 0 Å². The topological polar surface area (TPSA) is 81.4 Å². The van der Waals surface area contributed by atoms with Crippen molar-refractivity contribution >= 4 is 76.1 Å². The molecule has 0 unspecified atom stereocenters. The standard InChI is InChI=1S/C15H9Br3O5/c16-4-11(19)8-1-7-2-10(13(21)6-18)15(22)23-14(7)3-9(8)12(20)5-17/h1-3H,4-6H2. The molecule has 2 aromatic rings. The van der Waals surface area contributed by atoms with Crippen LogP contribution in [0.4, 0.5) is 0 Å². The van der Waals surface area contributed by atoms with Crippen LogP contribution in [0.25, 0.3) is 11.0 Å². The lowest BCUT2D eigenvalue weighted by Crippen LogP contribution is -2.16. The average Bonchev–Trinajstić information content (AvgIpc) is 2.57. The SMILES string of the molecule is O=C(CBr)c1cc2cc(C(=O)CBr)c(=O)oc2cc1C(=O)CBr. The van der Waals surface area contributed by atoms with Crippen LogP contribution in [0.3, 0.4) is 0 Å². The van der Waals surface area contributed by atoms with E-state index < -0.39 is 11.4 Å². The summed E-state index contributed by atoms with van der Waals surface area (Å²) in [6, 6.07) is 4.19. The Morgan fingerprint density at radius 1 is 0.783 bits per heavy atom. The van der Waals surface area contributed by atoms with Crippen LogP contribution in [0.15, 0.2) is 27.4 Å². The molecule has 0 N–H and O–H groups in total. The first kappa shape index (κ1) is 18.2. The Hall–Kier alpha value is -1.12. The highest BCUT2D eigenvalue weighted by Gasteiger charge is 2.20. The third-order valence-electron chi connectivity index (χ3n) is 3.14. The van der Waals surface area contributed by atoms with Gasteiger partial charge >= 0.3 is 5.63 Å². The summed E-state index contributed by atoms with van der Waals surface area (Å²) in [6.45, 7) is 0. The fourth-order valence-electron chi connectivity index (χ4n) is 2.04. The Morgan fingerprint density at radius 2 is 1.22 bits per heavy atom. The first-order valence-electron chi connectivity index (χ1n) is 6.32. The molecule has 1 aromatic carbocycles. The predicted octanol–water partition coefficient (Wildman–Crippen LogP) is 3.53. The highest BCUT2D eigenvalue weighted by molar-refractivity contribution is 9.09. The molecule has 23 heavy (non-hydrogen) atoms. The number of carbonyl (C=O) groups is 3. The summed E-state index contributed by atoms with van der Waals surface area (Å²) in [7, 11) is 0. The summed E-state index contributed by atoms with van der Waals surface area (Å²) >= 11 is 9.13. The molecule has 0 spiro atoms. The van der Waals surface area contributed by atoms with Crippen molar-refractivity contribution in [3.05, 3.63) is 45.3 Å². The average molecular weight is 509 g/mol. The number of hydrogen-bond acceptors (Lipinski definition) is 5.